The van der Waals surface area contributed by atoms with E-state index < -0.39 is 38.7 Å². The SMILES string of the molecule is CCOC(=O)c1cc(SC)c2c(c1C(F)(F)F)C(=O)C(SC)(SC)CO2. The number of ether oxygens (including phenoxy) is 2. The quantitative estimate of drug-likeness (QED) is 0.387. The van der Waals surface area contributed by atoms with Crippen molar-refractivity contribution in [2.75, 3.05) is 32.0 Å². The number of carbonyl (C=O) groups is 2. The number of benzene rings is 1. The zero-order valence-corrected chi connectivity index (χ0v) is 16.9. The second kappa shape index (κ2) is 7.93. The molecule has 0 aliphatic carbocycles. The summed E-state index contributed by atoms with van der Waals surface area (Å²) in [6.45, 7) is 1.37. The molecule has 0 N–H and O–H groups in total. The van der Waals surface area contributed by atoms with Crippen LogP contribution in [-0.4, -0.2) is 47.8 Å². The zero-order valence-electron chi connectivity index (χ0n) is 14.5. The fourth-order valence-electron chi connectivity index (χ4n) is 2.63. The third-order valence-corrected chi connectivity index (χ3v) is 7.55. The molecule has 144 valence electrons. The highest BCUT2D eigenvalue weighted by molar-refractivity contribution is 8.18. The lowest BCUT2D eigenvalue weighted by molar-refractivity contribution is -0.138. The summed E-state index contributed by atoms with van der Waals surface area (Å²) < 4.78 is 50.8. The number of hydrogen-bond donors (Lipinski definition) is 0. The summed E-state index contributed by atoms with van der Waals surface area (Å²) >= 11 is 3.34. The first-order valence-corrected chi connectivity index (χ1v) is 11.1. The van der Waals surface area contributed by atoms with Crippen molar-refractivity contribution >= 4 is 47.0 Å². The van der Waals surface area contributed by atoms with Crippen molar-refractivity contribution in [3.8, 4) is 5.75 Å². The lowest BCUT2D eigenvalue weighted by atomic mass is 9.93. The molecule has 26 heavy (non-hydrogen) atoms. The first-order valence-electron chi connectivity index (χ1n) is 7.44. The third-order valence-electron chi connectivity index (χ3n) is 3.88. The molecule has 0 bridgehead atoms. The number of fused-ring (bicyclic) bond motifs is 1. The van der Waals surface area contributed by atoms with Gasteiger partial charge in [-0.2, -0.15) is 13.2 Å². The van der Waals surface area contributed by atoms with Gasteiger partial charge in [0.25, 0.3) is 0 Å². The lowest BCUT2D eigenvalue weighted by Crippen LogP contribution is -2.43. The first-order chi connectivity index (χ1) is 12.2. The van der Waals surface area contributed by atoms with E-state index in [-0.39, 0.29) is 19.0 Å². The summed E-state index contributed by atoms with van der Waals surface area (Å²) in [4.78, 5) is 25.6. The van der Waals surface area contributed by atoms with Crippen molar-refractivity contribution in [2.45, 2.75) is 22.1 Å². The van der Waals surface area contributed by atoms with Crippen LogP contribution in [0.3, 0.4) is 0 Å². The highest BCUT2D eigenvalue weighted by Crippen LogP contribution is 2.50. The molecular formula is C16H17F3O4S3. The van der Waals surface area contributed by atoms with Gasteiger partial charge < -0.3 is 9.47 Å². The summed E-state index contributed by atoms with van der Waals surface area (Å²) in [5.74, 6) is -1.94. The van der Waals surface area contributed by atoms with Crippen LogP contribution in [0.4, 0.5) is 13.2 Å². The molecule has 0 fully saturated rings. The van der Waals surface area contributed by atoms with Gasteiger partial charge in [-0.15, -0.1) is 35.3 Å². The Kier molecular flexibility index (Phi) is 6.50. The summed E-state index contributed by atoms with van der Waals surface area (Å²) in [6.07, 6.45) is 0.0000672. The molecule has 0 spiro atoms. The van der Waals surface area contributed by atoms with E-state index >= 15 is 0 Å². The minimum Gasteiger partial charge on any atom is -0.489 e. The van der Waals surface area contributed by atoms with Gasteiger partial charge >= 0.3 is 12.1 Å². The fourth-order valence-corrected chi connectivity index (χ4v) is 4.80. The molecule has 0 radical (unpaired) electrons. The number of ketones is 1. The summed E-state index contributed by atoms with van der Waals surface area (Å²) in [5.41, 5.74) is -2.55. The molecule has 4 nitrogen and oxygen atoms in total. The van der Waals surface area contributed by atoms with E-state index in [2.05, 4.69) is 0 Å². The van der Waals surface area contributed by atoms with Crippen LogP contribution >= 0.6 is 35.3 Å². The number of alkyl halides is 3. The van der Waals surface area contributed by atoms with Crippen molar-refractivity contribution in [2.24, 2.45) is 0 Å². The van der Waals surface area contributed by atoms with Gasteiger partial charge in [-0.3, -0.25) is 4.79 Å². The van der Waals surface area contributed by atoms with E-state index in [1.807, 2.05) is 0 Å². The maximum atomic E-state index is 13.9. The van der Waals surface area contributed by atoms with Crippen molar-refractivity contribution < 1.29 is 32.2 Å². The van der Waals surface area contributed by atoms with Gasteiger partial charge in [-0.25, -0.2) is 4.79 Å². The second-order valence-corrected chi connectivity index (χ2v) is 8.52. The Morgan fingerprint density at radius 1 is 1.31 bits per heavy atom. The number of esters is 1. The average Bonchev–Trinajstić information content (AvgIpc) is 2.60. The number of Topliss-reactive ketones (excluding diaryl/α,β-unsaturated/α-hetero) is 1. The van der Waals surface area contributed by atoms with Gasteiger partial charge in [-0.1, -0.05) is 0 Å². The lowest BCUT2D eigenvalue weighted by Gasteiger charge is -2.35. The van der Waals surface area contributed by atoms with E-state index in [9.17, 15) is 22.8 Å². The number of carbonyl (C=O) groups excluding carboxylic acids is 2. The minimum atomic E-state index is -4.91. The molecule has 0 atom stereocenters. The number of thioether (sulfide) groups is 3. The largest absolute Gasteiger partial charge is 0.489 e. The Balaban J connectivity index is 2.88. The molecule has 1 aliphatic rings. The number of halogens is 3. The monoisotopic (exact) mass is 426 g/mol. The highest BCUT2D eigenvalue weighted by Gasteiger charge is 2.51. The van der Waals surface area contributed by atoms with E-state index in [1.54, 1.807) is 18.8 Å². The van der Waals surface area contributed by atoms with E-state index in [1.165, 1.54) is 6.92 Å². The summed E-state index contributed by atoms with van der Waals surface area (Å²) in [5, 5.41) is 0. The molecule has 1 aliphatic heterocycles. The van der Waals surface area contributed by atoms with Crippen LogP contribution in [0.2, 0.25) is 0 Å². The Morgan fingerprint density at radius 2 is 1.92 bits per heavy atom. The van der Waals surface area contributed by atoms with E-state index in [0.717, 1.165) is 41.4 Å². The molecule has 2 rings (SSSR count). The first kappa shape index (κ1) is 21.3. The molecule has 0 unspecified atom stereocenters. The van der Waals surface area contributed by atoms with Crippen LogP contribution in [0.1, 0.15) is 33.2 Å². The van der Waals surface area contributed by atoms with Crippen molar-refractivity contribution in [1.82, 2.24) is 0 Å². The van der Waals surface area contributed by atoms with Crippen LogP contribution in [0.25, 0.3) is 0 Å². The van der Waals surface area contributed by atoms with Crippen LogP contribution in [-0.2, 0) is 10.9 Å². The van der Waals surface area contributed by atoms with E-state index in [0.29, 0.717) is 4.90 Å². The molecule has 1 aromatic carbocycles. The predicted octanol–water partition coefficient (Wildman–Crippen LogP) is 4.60. The number of rotatable bonds is 5. The van der Waals surface area contributed by atoms with Crippen molar-refractivity contribution in [3.05, 3.63) is 22.8 Å². The summed E-state index contributed by atoms with van der Waals surface area (Å²) in [7, 11) is 0. The molecule has 1 aromatic rings. The second-order valence-electron chi connectivity index (χ2n) is 5.20. The van der Waals surface area contributed by atoms with Gasteiger partial charge in [0.1, 0.15) is 12.4 Å². The van der Waals surface area contributed by atoms with Crippen molar-refractivity contribution in [1.29, 1.82) is 0 Å². The maximum absolute atomic E-state index is 13.9. The van der Waals surface area contributed by atoms with Gasteiger partial charge in [0, 0.05) is 0 Å². The van der Waals surface area contributed by atoms with Crippen LogP contribution in [0.15, 0.2) is 11.0 Å². The molecule has 0 aromatic heterocycles. The third kappa shape index (κ3) is 3.55. The van der Waals surface area contributed by atoms with Gasteiger partial charge in [-0.05, 0) is 31.8 Å². The fraction of sp³-hybridized carbons (Fsp3) is 0.500. The van der Waals surface area contributed by atoms with Crippen LogP contribution in [0.5, 0.6) is 5.75 Å². The smallest absolute Gasteiger partial charge is 0.418 e. The van der Waals surface area contributed by atoms with Gasteiger partial charge in [0.2, 0.25) is 0 Å². The Hall–Kier alpha value is -1.00. The molecular weight excluding hydrogens is 409 g/mol. The maximum Gasteiger partial charge on any atom is 0.418 e. The highest BCUT2D eigenvalue weighted by atomic mass is 32.2. The van der Waals surface area contributed by atoms with E-state index in [4.69, 9.17) is 9.47 Å². The average molecular weight is 427 g/mol. The molecule has 1 heterocycles. The minimum absolute atomic E-state index is 0.0508. The number of hydrogen-bond acceptors (Lipinski definition) is 7. The Labute approximate surface area is 161 Å². The Bertz CT molecular complexity index is 730. The predicted molar refractivity (Wildman–Crippen MR) is 98.8 cm³/mol. The van der Waals surface area contributed by atoms with Gasteiger partial charge in [0.15, 0.2) is 9.86 Å². The van der Waals surface area contributed by atoms with Gasteiger partial charge in [0.05, 0.1) is 28.2 Å². The zero-order chi connectivity index (χ0) is 19.7. The molecule has 0 saturated carbocycles. The van der Waals surface area contributed by atoms with Crippen LogP contribution < -0.4 is 4.74 Å². The Morgan fingerprint density at radius 3 is 2.38 bits per heavy atom. The normalized spacial score (nSPS) is 16.0. The van der Waals surface area contributed by atoms with Crippen molar-refractivity contribution in [3.63, 3.8) is 0 Å². The molecule has 0 saturated heterocycles. The van der Waals surface area contributed by atoms with Crippen LogP contribution in [0, 0.1) is 0 Å². The standard InChI is InChI=1S/C16H17F3O4S3/c1-5-22-14(21)8-6-9(24-2)12-10(11(8)16(17,18)19)13(20)15(25-3,26-4)7-23-12/h6H,5,7H2,1-4H3. The molecule has 10 heteroatoms. The summed E-state index contributed by atoms with van der Waals surface area (Å²) in [6, 6.07) is 1.09. The molecule has 0 amide bonds. The topological polar surface area (TPSA) is 52.6 Å².